The molecule has 0 aliphatic rings. The average molecular weight is 277 g/mol. The Morgan fingerprint density at radius 1 is 1.53 bits per heavy atom. The fraction of sp³-hybridized carbons (Fsp3) is 0.300. The molecule has 0 unspecified atom stereocenters. The van der Waals surface area contributed by atoms with Crippen molar-refractivity contribution >= 4 is 27.5 Å². The van der Waals surface area contributed by atoms with Crippen LogP contribution in [0.1, 0.15) is 12.8 Å². The predicted molar refractivity (Wildman–Crippen MR) is 65.0 cm³/mol. The minimum absolute atomic E-state index is 0.00795. The first kappa shape index (κ1) is 13.8. The Hall–Kier alpha value is -1.27. The Morgan fingerprint density at radius 2 is 2.18 bits per heavy atom. The maximum atomic E-state index is 11.8. The molecule has 1 N–H and O–H groups in total. The van der Waals surface area contributed by atoms with E-state index < -0.39 is 15.9 Å². The molecule has 0 aliphatic heterocycles. The molecule has 1 aromatic heterocycles. The van der Waals surface area contributed by atoms with E-state index >= 15 is 0 Å². The van der Waals surface area contributed by atoms with Crippen molar-refractivity contribution in [2.24, 2.45) is 7.05 Å². The van der Waals surface area contributed by atoms with Crippen LogP contribution in [0.5, 0.6) is 0 Å². The average Bonchev–Trinajstić information content (AvgIpc) is 2.61. The summed E-state index contributed by atoms with van der Waals surface area (Å²) in [6.07, 6.45) is 1.82. The van der Waals surface area contributed by atoms with Gasteiger partial charge < -0.3 is 4.57 Å². The number of aryl methyl sites for hydroxylation is 1. The zero-order valence-corrected chi connectivity index (χ0v) is 10.9. The molecule has 0 bridgehead atoms. The van der Waals surface area contributed by atoms with Gasteiger partial charge in [-0.1, -0.05) is 18.2 Å². The molecule has 0 saturated carbocycles. The molecule has 0 atom stereocenters. The molecule has 1 amide bonds. The molecule has 1 rings (SSSR count). The minimum Gasteiger partial charge on any atom is -0.340 e. The maximum Gasteiger partial charge on any atom is 0.279 e. The first-order valence-electron chi connectivity index (χ1n) is 4.83. The number of hydrogen-bond donors (Lipinski definition) is 1. The lowest BCUT2D eigenvalue weighted by Crippen LogP contribution is -2.31. The standard InChI is InChI=1S/C10H13ClN2O3S/c1-8(11)5-6-9(14)12-17(15,16)10-4-3-7-13(10)2/h3-4,7H,1,5-6H2,2H3,(H,12,14). The quantitative estimate of drug-likeness (QED) is 0.883. The van der Waals surface area contributed by atoms with Crippen molar-refractivity contribution in [3.8, 4) is 0 Å². The molecule has 1 heterocycles. The highest BCUT2D eigenvalue weighted by Crippen LogP contribution is 2.10. The Balaban J connectivity index is 2.71. The van der Waals surface area contributed by atoms with E-state index in [1.54, 1.807) is 19.3 Å². The first-order chi connectivity index (χ1) is 7.83. The topological polar surface area (TPSA) is 68.2 Å². The molecule has 0 spiro atoms. The van der Waals surface area contributed by atoms with E-state index in [2.05, 4.69) is 6.58 Å². The van der Waals surface area contributed by atoms with E-state index in [1.807, 2.05) is 4.72 Å². The van der Waals surface area contributed by atoms with Crippen molar-refractivity contribution in [1.82, 2.24) is 9.29 Å². The van der Waals surface area contributed by atoms with Crippen molar-refractivity contribution in [3.63, 3.8) is 0 Å². The van der Waals surface area contributed by atoms with Crippen molar-refractivity contribution in [2.75, 3.05) is 0 Å². The Kier molecular flexibility index (Phi) is 4.36. The van der Waals surface area contributed by atoms with Gasteiger partial charge in [0.1, 0.15) is 0 Å². The number of carbonyl (C=O) groups excluding carboxylic acids is 1. The lowest BCUT2D eigenvalue weighted by atomic mass is 10.3. The van der Waals surface area contributed by atoms with Crippen LogP contribution < -0.4 is 4.72 Å². The molecule has 1 aromatic rings. The van der Waals surface area contributed by atoms with Crippen molar-refractivity contribution in [3.05, 3.63) is 29.9 Å². The van der Waals surface area contributed by atoms with Crippen molar-refractivity contribution < 1.29 is 13.2 Å². The van der Waals surface area contributed by atoms with Gasteiger partial charge in [-0.2, -0.15) is 8.42 Å². The number of nitrogens with one attached hydrogen (secondary N) is 1. The van der Waals surface area contributed by atoms with Gasteiger partial charge in [-0.05, 0) is 18.6 Å². The first-order valence-corrected chi connectivity index (χ1v) is 6.69. The molecular weight excluding hydrogens is 264 g/mol. The largest absolute Gasteiger partial charge is 0.340 e. The summed E-state index contributed by atoms with van der Waals surface area (Å²) in [7, 11) is -2.22. The molecule has 0 radical (unpaired) electrons. The van der Waals surface area contributed by atoms with E-state index in [-0.39, 0.29) is 17.9 Å². The van der Waals surface area contributed by atoms with Gasteiger partial charge in [0, 0.05) is 24.7 Å². The molecule has 0 fully saturated rings. The van der Waals surface area contributed by atoms with Crippen LogP contribution >= 0.6 is 11.6 Å². The molecular formula is C10H13ClN2O3S. The van der Waals surface area contributed by atoms with Crippen LogP contribution in [0.4, 0.5) is 0 Å². The molecule has 0 aromatic carbocycles. The van der Waals surface area contributed by atoms with Crippen LogP contribution in [0.3, 0.4) is 0 Å². The van der Waals surface area contributed by atoms with E-state index in [9.17, 15) is 13.2 Å². The third-order valence-corrected chi connectivity index (χ3v) is 3.70. The predicted octanol–water partition coefficient (Wildman–Crippen LogP) is 1.36. The molecule has 0 saturated heterocycles. The summed E-state index contributed by atoms with van der Waals surface area (Å²) in [5.41, 5.74) is 0. The number of rotatable bonds is 5. The number of carbonyl (C=O) groups is 1. The number of sulfonamides is 1. The highest BCUT2D eigenvalue weighted by Gasteiger charge is 2.19. The molecule has 7 heteroatoms. The summed E-state index contributed by atoms with van der Waals surface area (Å²) in [5, 5.41) is 0.354. The van der Waals surface area contributed by atoms with Gasteiger partial charge in [-0.3, -0.25) is 4.79 Å². The zero-order chi connectivity index (χ0) is 13.1. The summed E-state index contributed by atoms with van der Waals surface area (Å²) < 4.78 is 26.9. The Labute approximate surface area is 105 Å². The van der Waals surface area contributed by atoms with Crippen LogP contribution in [0.25, 0.3) is 0 Å². The second-order valence-electron chi connectivity index (χ2n) is 3.50. The molecule has 94 valence electrons. The SMILES string of the molecule is C=C(Cl)CCC(=O)NS(=O)(=O)c1cccn1C. The number of nitrogens with zero attached hydrogens (tertiary/aromatic N) is 1. The minimum atomic E-state index is -3.80. The summed E-state index contributed by atoms with van der Waals surface area (Å²) in [5.74, 6) is -0.604. The van der Waals surface area contributed by atoms with Crippen LogP contribution in [0.2, 0.25) is 0 Å². The molecule has 17 heavy (non-hydrogen) atoms. The van der Waals surface area contributed by atoms with Gasteiger partial charge in [0.15, 0.2) is 5.03 Å². The zero-order valence-electron chi connectivity index (χ0n) is 9.31. The summed E-state index contributed by atoms with van der Waals surface area (Å²) in [6, 6.07) is 3.00. The summed E-state index contributed by atoms with van der Waals surface area (Å²) in [6.45, 7) is 3.42. The Morgan fingerprint density at radius 3 is 2.65 bits per heavy atom. The lowest BCUT2D eigenvalue weighted by Gasteiger charge is -2.07. The van der Waals surface area contributed by atoms with Gasteiger partial charge >= 0.3 is 0 Å². The van der Waals surface area contributed by atoms with Crippen LogP contribution in [-0.2, 0) is 21.9 Å². The summed E-state index contributed by atoms with van der Waals surface area (Å²) in [4.78, 5) is 11.4. The van der Waals surface area contributed by atoms with Gasteiger partial charge in [0.2, 0.25) is 5.91 Å². The van der Waals surface area contributed by atoms with Crippen LogP contribution in [0.15, 0.2) is 35.0 Å². The third kappa shape index (κ3) is 3.90. The second kappa shape index (κ2) is 5.37. The van der Waals surface area contributed by atoms with Gasteiger partial charge in [0.25, 0.3) is 10.0 Å². The lowest BCUT2D eigenvalue weighted by molar-refractivity contribution is -0.119. The fourth-order valence-electron chi connectivity index (χ4n) is 1.23. The van der Waals surface area contributed by atoms with Gasteiger partial charge in [0.05, 0.1) is 0 Å². The second-order valence-corrected chi connectivity index (χ2v) is 5.67. The highest BCUT2D eigenvalue weighted by atomic mass is 35.5. The van der Waals surface area contributed by atoms with Crippen molar-refractivity contribution in [2.45, 2.75) is 17.9 Å². The number of halogens is 1. The number of amides is 1. The fourth-order valence-corrected chi connectivity index (χ4v) is 2.53. The number of allylic oxidation sites excluding steroid dienone is 1. The maximum absolute atomic E-state index is 11.8. The molecule has 5 nitrogen and oxygen atoms in total. The summed E-state index contributed by atoms with van der Waals surface area (Å²) >= 11 is 5.49. The monoisotopic (exact) mass is 276 g/mol. The smallest absolute Gasteiger partial charge is 0.279 e. The van der Waals surface area contributed by atoms with E-state index in [0.29, 0.717) is 5.03 Å². The normalized spacial score (nSPS) is 11.2. The van der Waals surface area contributed by atoms with E-state index in [0.717, 1.165) is 0 Å². The van der Waals surface area contributed by atoms with Crippen LogP contribution in [0, 0.1) is 0 Å². The molecule has 0 aliphatic carbocycles. The Bertz CT molecular complexity index is 534. The third-order valence-electron chi connectivity index (χ3n) is 2.04. The number of aromatic nitrogens is 1. The van der Waals surface area contributed by atoms with Crippen molar-refractivity contribution in [1.29, 1.82) is 0 Å². The van der Waals surface area contributed by atoms with E-state index in [4.69, 9.17) is 11.6 Å². The number of hydrogen-bond acceptors (Lipinski definition) is 3. The van der Waals surface area contributed by atoms with Crippen LogP contribution in [-0.4, -0.2) is 18.9 Å². The highest BCUT2D eigenvalue weighted by molar-refractivity contribution is 7.90. The van der Waals surface area contributed by atoms with Gasteiger partial charge in [-0.25, -0.2) is 4.72 Å². The van der Waals surface area contributed by atoms with E-state index in [1.165, 1.54) is 10.6 Å². The van der Waals surface area contributed by atoms with Gasteiger partial charge in [-0.15, -0.1) is 0 Å².